The van der Waals surface area contributed by atoms with Gasteiger partial charge in [-0.25, -0.2) is 0 Å². The monoisotopic (exact) mass is 339 g/mol. The highest BCUT2D eigenvalue weighted by Gasteiger charge is 2.54. The summed E-state index contributed by atoms with van der Waals surface area (Å²) in [4.78, 5) is 22.6. The zero-order chi connectivity index (χ0) is 17.3. The van der Waals surface area contributed by atoms with Crippen molar-refractivity contribution in [3.8, 4) is 5.75 Å². The van der Waals surface area contributed by atoms with E-state index < -0.39 is 0 Å². The molecule has 2 fully saturated rings. The molecule has 2 aliphatic rings. The predicted molar refractivity (Wildman–Crippen MR) is 91.4 cm³/mol. The molecule has 25 heavy (non-hydrogen) atoms. The summed E-state index contributed by atoms with van der Waals surface area (Å²) in [7, 11) is 0. The Morgan fingerprint density at radius 2 is 2.24 bits per heavy atom. The molecule has 2 saturated heterocycles. The molecule has 4 heterocycles. The molecule has 2 aromatic rings. The molecule has 0 radical (unpaired) electrons. The maximum absolute atomic E-state index is 12.6. The fourth-order valence-corrected chi connectivity index (χ4v) is 3.52. The van der Waals surface area contributed by atoms with E-state index in [0.717, 1.165) is 24.5 Å². The fourth-order valence-electron chi connectivity index (χ4n) is 3.52. The zero-order valence-electron chi connectivity index (χ0n) is 14.2. The third kappa shape index (κ3) is 3.09. The van der Waals surface area contributed by atoms with E-state index in [4.69, 9.17) is 9.47 Å². The van der Waals surface area contributed by atoms with Crippen LogP contribution in [-0.4, -0.2) is 52.7 Å². The van der Waals surface area contributed by atoms with Crippen molar-refractivity contribution >= 4 is 5.91 Å². The first-order chi connectivity index (χ1) is 12.2. The molecule has 1 spiro atoms. The van der Waals surface area contributed by atoms with Gasteiger partial charge in [-0.1, -0.05) is 0 Å². The quantitative estimate of drug-likeness (QED) is 0.853. The van der Waals surface area contributed by atoms with Gasteiger partial charge in [-0.05, 0) is 37.6 Å². The van der Waals surface area contributed by atoms with Crippen LogP contribution in [0.3, 0.4) is 0 Å². The molecular formula is C19H21N3O3. The number of rotatable bonds is 4. The maximum Gasteiger partial charge on any atom is 0.255 e. The van der Waals surface area contributed by atoms with Gasteiger partial charge >= 0.3 is 0 Å². The van der Waals surface area contributed by atoms with Gasteiger partial charge < -0.3 is 14.4 Å². The molecular weight excluding hydrogens is 318 g/mol. The predicted octanol–water partition coefficient (Wildman–Crippen LogP) is 2.10. The summed E-state index contributed by atoms with van der Waals surface area (Å²) in [6.07, 6.45) is 6.03. The molecule has 0 saturated carbocycles. The van der Waals surface area contributed by atoms with Crippen LogP contribution >= 0.6 is 0 Å². The molecule has 0 bridgehead atoms. The third-order valence-electron chi connectivity index (χ3n) is 5.05. The first kappa shape index (κ1) is 16.0. The second-order valence-electron chi connectivity index (χ2n) is 6.75. The minimum absolute atomic E-state index is 0.0144. The van der Waals surface area contributed by atoms with Crippen molar-refractivity contribution in [2.24, 2.45) is 5.92 Å². The summed E-state index contributed by atoms with van der Waals surface area (Å²) in [6, 6.07) is 7.44. The van der Waals surface area contributed by atoms with Gasteiger partial charge in [0.05, 0.1) is 31.5 Å². The van der Waals surface area contributed by atoms with E-state index >= 15 is 0 Å². The summed E-state index contributed by atoms with van der Waals surface area (Å²) < 4.78 is 11.9. The number of aromatic nitrogens is 2. The van der Waals surface area contributed by atoms with Crippen molar-refractivity contribution in [1.29, 1.82) is 0 Å². The lowest BCUT2D eigenvalue weighted by Crippen LogP contribution is -2.66. The maximum atomic E-state index is 12.6. The highest BCUT2D eigenvalue weighted by atomic mass is 16.5. The van der Waals surface area contributed by atoms with Crippen molar-refractivity contribution in [3.63, 3.8) is 0 Å². The van der Waals surface area contributed by atoms with E-state index in [0.29, 0.717) is 25.3 Å². The second kappa shape index (κ2) is 6.44. The van der Waals surface area contributed by atoms with E-state index in [1.54, 1.807) is 18.6 Å². The topological polar surface area (TPSA) is 64.6 Å². The lowest BCUT2D eigenvalue weighted by atomic mass is 9.81. The van der Waals surface area contributed by atoms with Crippen molar-refractivity contribution in [3.05, 3.63) is 54.1 Å². The van der Waals surface area contributed by atoms with Crippen LogP contribution in [-0.2, 0) is 4.74 Å². The molecule has 1 amide bonds. The minimum Gasteiger partial charge on any atom is -0.492 e. The highest BCUT2D eigenvalue weighted by molar-refractivity contribution is 5.94. The molecule has 1 atom stereocenters. The minimum atomic E-state index is -0.268. The van der Waals surface area contributed by atoms with Gasteiger partial charge in [0.1, 0.15) is 11.4 Å². The Balaban J connectivity index is 1.37. The van der Waals surface area contributed by atoms with Crippen LogP contribution in [0.5, 0.6) is 5.75 Å². The summed E-state index contributed by atoms with van der Waals surface area (Å²) in [5.41, 5.74) is 1.26. The van der Waals surface area contributed by atoms with Crippen LogP contribution in [0.2, 0.25) is 0 Å². The van der Waals surface area contributed by atoms with Crippen molar-refractivity contribution in [1.82, 2.24) is 14.9 Å². The van der Waals surface area contributed by atoms with Gasteiger partial charge in [0.25, 0.3) is 5.91 Å². The van der Waals surface area contributed by atoms with Crippen LogP contribution in [0.1, 0.15) is 22.5 Å². The Kier molecular flexibility index (Phi) is 4.13. The van der Waals surface area contributed by atoms with E-state index in [1.165, 1.54) is 0 Å². The number of aryl methyl sites for hydroxylation is 1. The zero-order valence-corrected chi connectivity index (χ0v) is 14.2. The van der Waals surface area contributed by atoms with Crippen LogP contribution in [0.15, 0.2) is 42.9 Å². The number of amides is 1. The van der Waals surface area contributed by atoms with E-state index in [-0.39, 0.29) is 17.4 Å². The number of carbonyl (C=O) groups excluding carboxylic acids is 1. The second-order valence-corrected chi connectivity index (χ2v) is 6.75. The number of likely N-dealkylation sites (tertiary alicyclic amines) is 1. The number of pyridine rings is 2. The SMILES string of the molecule is Cc1ccc(C(=O)N2CC3(C2)OCCC3COc2cccnc2)cn1. The van der Waals surface area contributed by atoms with Gasteiger partial charge in [0.2, 0.25) is 0 Å². The Labute approximate surface area is 146 Å². The molecule has 1 unspecified atom stereocenters. The summed E-state index contributed by atoms with van der Waals surface area (Å²) in [5, 5.41) is 0. The van der Waals surface area contributed by atoms with Crippen molar-refractivity contribution in [2.75, 3.05) is 26.3 Å². The Morgan fingerprint density at radius 1 is 1.36 bits per heavy atom. The van der Waals surface area contributed by atoms with Crippen LogP contribution in [0, 0.1) is 12.8 Å². The molecule has 6 heteroatoms. The van der Waals surface area contributed by atoms with Crippen molar-refractivity contribution < 1.29 is 14.3 Å². The molecule has 2 aliphatic heterocycles. The van der Waals surface area contributed by atoms with Gasteiger partial charge in [-0.3, -0.25) is 14.8 Å². The van der Waals surface area contributed by atoms with E-state index in [1.807, 2.05) is 36.1 Å². The van der Waals surface area contributed by atoms with Crippen LogP contribution in [0.4, 0.5) is 0 Å². The Bertz CT molecular complexity index is 742. The van der Waals surface area contributed by atoms with Crippen LogP contribution < -0.4 is 4.74 Å². The number of hydrogen-bond donors (Lipinski definition) is 0. The van der Waals surface area contributed by atoms with Gasteiger partial charge in [0, 0.05) is 30.6 Å². The lowest BCUT2D eigenvalue weighted by Gasteiger charge is -2.50. The first-order valence-electron chi connectivity index (χ1n) is 8.55. The summed E-state index contributed by atoms with van der Waals surface area (Å²) in [6.45, 7) is 4.43. The Morgan fingerprint density at radius 3 is 2.96 bits per heavy atom. The standard InChI is InChI=1S/C19H21N3O3/c1-14-4-5-15(9-21-14)18(23)22-12-19(13-22)16(6-8-25-19)11-24-17-3-2-7-20-10-17/h2-5,7,9-10,16H,6,8,11-13H2,1H3. The van der Waals surface area contributed by atoms with Crippen LogP contribution in [0.25, 0.3) is 0 Å². The number of nitrogens with zero attached hydrogens (tertiary/aromatic N) is 3. The average Bonchev–Trinajstić information content (AvgIpc) is 3.03. The van der Waals surface area contributed by atoms with Gasteiger partial charge in [-0.2, -0.15) is 0 Å². The molecule has 130 valence electrons. The molecule has 0 aliphatic carbocycles. The molecule has 6 nitrogen and oxygen atoms in total. The smallest absolute Gasteiger partial charge is 0.255 e. The molecule has 4 rings (SSSR count). The normalized spacial score (nSPS) is 21.2. The number of hydrogen-bond acceptors (Lipinski definition) is 5. The highest BCUT2D eigenvalue weighted by Crippen LogP contribution is 2.40. The number of ether oxygens (including phenoxy) is 2. The lowest BCUT2D eigenvalue weighted by molar-refractivity contribution is -0.122. The van der Waals surface area contributed by atoms with Gasteiger partial charge in [0.15, 0.2) is 0 Å². The van der Waals surface area contributed by atoms with Crippen molar-refractivity contribution in [2.45, 2.75) is 18.9 Å². The molecule has 0 N–H and O–H groups in total. The number of carbonyl (C=O) groups is 1. The van der Waals surface area contributed by atoms with Gasteiger partial charge in [-0.15, -0.1) is 0 Å². The van der Waals surface area contributed by atoms with E-state index in [2.05, 4.69) is 9.97 Å². The summed E-state index contributed by atoms with van der Waals surface area (Å²) in [5.74, 6) is 1.07. The average molecular weight is 339 g/mol. The first-order valence-corrected chi connectivity index (χ1v) is 8.55. The summed E-state index contributed by atoms with van der Waals surface area (Å²) >= 11 is 0. The fraction of sp³-hybridized carbons (Fsp3) is 0.421. The molecule has 0 aromatic carbocycles. The molecule has 2 aromatic heterocycles. The largest absolute Gasteiger partial charge is 0.492 e. The van der Waals surface area contributed by atoms with E-state index in [9.17, 15) is 4.79 Å². The Hall–Kier alpha value is -2.47. The third-order valence-corrected chi connectivity index (χ3v) is 5.05.